The molecule has 4 heteroatoms. The fourth-order valence-corrected chi connectivity index (χ4v) is 3.40. The van der Waals surface area contributed by atoms with E-state index in [-0.39, 0.29) is 0 Å². The smallest absolute Gasteiger partial charge is 0.127 e. The lowest BCUT2D eigenvalue weighted by Crippen LogP contribution is -2.17. The van der Waals surface area contributed by atoms with Crippen LogP contribution in [0.3, 0.4) is 0 Å². The van der Waals surface area contributed by atoms with Gasteiger partial charge in [0.25, 0.3) is 0 Å². The van der Waals surface area contributed by atoms with E-state index in [4.69, 9.17) is 16.3 Å². The fourth-order valence-electron chi connectivity index (χ4n) is 2.38. The van der Waals surface area contributed by atoms with E-state index in [1.165, 1.54) is 10.4 Å². The molecule has 0 fully saturated rings. The predicted molar refractivity (Wildman–Crippen MR) is 80.2 cm³/mol. The Hall–Kier alpha value is -1.03. The quantitative estimate of drug-likeness (QED) is 0.913. The molecule has 2 aromatic rings. The van der Waals surface area contributed by atoms with Crippen LogP contribution in [-0.2, 0) is 13.0 Å². The Morgan fingerprint density at radius 3 is 3.16 bits per heavy atom. The van der Waals surface area contributed by atoms with Gasteiger partial charge in [0, 0.05) is 34.5 Å². The summed E-state index contributed by atoms with van der Waals surface area (Å²) in [4.78, 5) is 1.35. The minimum Gasteiger partial charge on any atom is -0.493 e. The maximum atomic E-state index is 6.16. The molecule has 0 radical (unpaired) electrons. The molecular weight excluding hydrogens is 278 g/mol. The zero-order chi connectivity index (χ0) is 13.2. The van der Waals surface area contributed by atoms with Gasteiger partial charge in [0.1, 0.15) is 5.75 Å². The average Bonchev–Trinajstić information content (AvgIpc) is 3.05. The highest BCUT2D eigenvalue weighted by atomic mass is 35.5. The molecule has 0 saturated heterocycles. The molecule has 2 heterocycles. The van der Waals surface area contributed by atoms with E-state index >= 15 is 0 Å². The van der Waals surface area contributed by atoms with Crippen LogP contribution in [0.25, 0.3) is 0 Å². The normalized spacial score (nSPS) is 15.1. The molecule has 2 nitrogen and oxygen atoms in total. The van der Waals surface area contributed by atoms with Crippen molar-refractivity contribution >= 4 is 22.9 Å². The van der Waals surface area contributed by atoms with Crippen molar-refractivity contribution in [2.75, 3.05) is 6.61 Å². The predicted octanol–water partition coefficient (Wildman–Crippen LogP) is 4.19. The summed E-state index contributed by atoms with van der Waals surface area (Å²) in [6, 6.07) is 8.59. The lowest BCUT2D eigenvalue weighted by Gasteiger charge is -2.14. The number of hydrogen-bond acceptors (Lipinski definition) is 3. The van der Waals surface area contributed by atoms with Crippen molar-refractivity contribution in [1.29, 1.82) is 0 Å². The van der Waals surface area contributed by atoms with Gasteiger partial charge in [-0.15, -0.1) is 11.3 Å². The van der Waals surface area contributed by atoms with E-state index in [1.807, 2.05) is 12.1 Å². The first-order valence-electron chi connectivity index (χ1n) is 6.45. The summed E-state index contributed by atoms with van der Waals surface area (Å²) < 4.78 is 5.71. The molecule has 1 aliphatic heterocycles. The second-order valence-corrected chi connectivity index (χ2v) is 6.19. The van der Waals surface area contributed by atoms with Crippen LogP contribution in [0.4, 0.5) is 0 Å². The van der Waals surface area contributed by atoms with Crippen LogP contribution < -0.4 is 10.1 Å². The van der Waals surface area contributed by atoms with Gasteiger partial charge >= 0.3 is 0 Å². The molecule has 1 aromatic heterocycles. The van der Waals surface area contributed by atoms with Crippen LogP contribution in [0.5, 0.6) is 5.75 Å². The summed E-state index contributed by atoms with van der Waals surface area (Å²) in [5.74, 6) is 1.02. The van der Waals surface area contributed by atoms with Crippen molar-refractivity contribution in [2.45, 2.75) is 25.9 Å². The minimum atomic E-state index is 0.344. The molecule has 100 valence electrons. The van der Waals surface area contributed by atoms with Crippen molar-refractivity contribution < 1.29 is 4.74 Å². The van der Waals surface area contributed by atoms with E-state index in [2.05, 4.69) is 29.8 Å². The molecular formula is C15H16ClNOS. The molecule has 19 heavy (non-hydrogen) atoms. The highest BCUT2D eigenvalue weighted by Gasteiger charge is 2.18. The Labute approximate surface area is 122 Å². The van der Waals surface area contributed by atoms with Gasteiger partial charge in [-0.3, -0.25) is 0 Å². The monoisotopic (exact) mass is 293 g/mol. The van der Waals surface area contributed by atoms with Gasteiger partial charge in [-0.2, -0.15) is 0 Å². The van der Waals surface area contributed by atoms with Crippen molar-refractivity contribution in [3.63, 3.8) is 0 Å². The molecule has 1 N–H and O–H groups in total. The third kappa shape index (κ3) is 2.78. The lowest BCUT2D eigenvalue weighted by atomic mass is 10.1. The van der Waals surface area contributed by atoms with Gasteiger partial charge in [-0.05, 0) is 36.1 Å². The molecule has 1 aliphatic rings. The first-order chi connectivity index (χ1) is 9.24. The highest BCUT2D eigenvalue weighted by molar-refractivity contribution is 7.10. The topological polar surface area (TPSA) is 21.3 Å². The van der Waals surface area contributed by atoms with Crippen LogP contribution in [-0.4, -0.2) is 6.61 Å². The Kier molecular flexibility index (Phi) is 3.78. The Balaban J connectivity index is 1.74. The average molecular weight is 294 g/mol. The molecule has 1 unspecified atom stereocenters. The zero-order valence-electron chi connectivity index (χ0n) is 10.8. The minimum absolute atomic E-state index is 0.344. The standard InChI is InChI=1S/C15H16ClNOS/c1-10(14-3-2-6-19-14)17-9-12-8-13(16)7-11-4-5-18-15(11)12/h2-3,6-8,10,17H,4-5,9H2,1H3. The second kappa shape index (κ2) is 5.53. The van der Waals surface area contributed by atoms with Crippen LogP contribution >= 0.6 is 22.9 Å². The number of thiophene rings is 1. The van der Waals surface area contributed by atoms with Crippen molar-refractivity contribution in [2.24, 2.45) is 0 Å². The molecule has 0 saturated carbocycles. The van der Waals surface area contributed by atoms with Gasteiger partial charge in [0.2, 0.25) is 0 Å². The summed E-state index contributed by atoms with van der Waals surface area (Å²) in [6.07, 6.45) is 0.962. The van der Waals surface area contributed by atoms with Crippen LogP contribution in [0.15, 0.2) is 29.6 Å². The number of benzene rings is 1. The van der Waals surface area contributed by atoms with Gasteiger partial charge in [0.05, 0.1) is 6.61 Å². The van der Waals surface area contributed by atoms with E-state index in [9.17, 15) is 0 Å². The number of fused-ring (bicyclic) bond motifs is 1. The summed E-state index contributed by atoms with van der Waals surface area (Å²) in [7, 11) is 0. The molecule has 0 amide bonds. The zero-order valence-corrected chi connectivity index (χ0v) is 12.4. The van der Waals surface area contributed by atoms with Crippen LogP contribution in [0.2, 0.25) is 5.02 Å². The van der Waals surface area contributed by atoms with Gasteiger partial charge < -0.3 is 10.1 Å². The third-order valence-electron chi connectivity index (χ3n) is 3.39. The summed E-state index contributed by atoms with van der Waals surface area (Å²) in [5, 5.41) is 6.43. The molecule has 0 aliphatic carbocycles. The SMILES string of the molecule is CC(NCc1cc(Cl)cc2c1OCC2)c1cccs1. The molecule has 3 rings (SSSR count). The maximum absolute atomic E-state index is 6.16. The number of rotatable bonds is 4. The highest BCUT2D eigenvalue weighted by Crippen LogP contribution is 2.33. The number of halogens is 1. The summed E-state index contributed by atoms with van der Waals surface area (Å²) in [6.45, 7) is 3.72. The van der Waals surface area contributed by atoms with Gasteiger partial charge in [0.15, 0.2) is 0 Å². The molecule has 0 spiro atoms. The maximum Gasteiger partial charge on any atom is 0.127 e. The van der Waals surface area contributed by atoms with Crippen molar-refractivity contribution in [3.05, 3.63) is 50.7 Å². The Bertz CT molecular complexity index is 568. The number of nitrogens with one attached hydrogen (secondary N) is 1. The number of ether oxygens (including phenoxy) is 1. The largest absolute Gasteiger partial charge is 0.493 e. The lowest BCUT2D eigenvalue weighted by molar-refractivity contribution is 0.352. The first-order valence-corrected chi connectivity index (χ1v) is 7.70. The van der Waals surface area contributed by atoms with Crippen molar-refractivity contribution in [3.8, 4) is 5.75 Å². The molecule has 0 bridgehead atoms. The Morgan fingerprint density at radius 1 is 1.47 bits per heavy atom. The first kappa shape index (κ1) is 13.0. The van der Waals surface area contributed by atoms with E-state index in [1.54, 1.807) is 11.3 Å². The number of hydrogen-bond donors (Lipinski definition) is 1. The fraction of sp³-hybridized carbons (Fsp3) is 0.333. The van der Waals surface area contributed by atoms with E-state index in [0.29, 0.717) is 6.04 Å². The Morgan fingerprint density at radius 2 is 2.37 bits per heavy atom. The third-order valence-corrected chi connectivity index (χ3v) is 4.67. The van der Waals surface area contributed by atoms with E-state index in [0.717, 1.165) is 35.9 Å². The van der Waals surface area contributed by atoms with Gasteiger partial charge in [-0.25, -0.2) is 0 Å². The second-order valence-electron chi connectivity index (χ2n) is 4.77. The van der Waals surface area contributed by atoms with Crippen molar-refractivity contribution in [1.82, 2.24) is 5.32 Å². The van der Waals surface area contributed by atoms with Crippen LogP contribution in [0.1, 0.15) is 29.0 Å². The molecule has 1 aromatic carbocycles. The molecule has 1 atom stereocenters. The summed E-state index contributed by atoms with van der Waals surface area (Å²) in [5.41, 5.74) is 2.39. The summed E-state index contributed by atoms with van der Waals surface area (Å²) >= 11 is 7.94. The van der Waals surface area contributed by atoms with Gasteiger partial charge in [-0.1, -0.05) is 17.7 Å². The van der Waals surface area contributed by atoms with Crippen LogP contribution in [0, 0.1) is 0 Å². The van der Waals surface area contributed by atoms with E-state index < -0.39 is 0 Å².